The van der Waals surface area contributed by atoms with Gasteiger partial charge in [0.05, 0.1) is 11.4 Å². The standard InChI is InChI=1S/C14H15N3O2S2/c1-9(20-8-10-5-3-2-4-6-10)13(19)17-14-16-7-11(21-14)12(15)18/h2-7,9H,8H2,1H3,(H2,15,18)(H,16,17,19). The lowest BCUT2D eigenvalue weighted by atomic mass is 10.2. The van der Waals surface area contributed by atoms with Crippen LogP contribution in [0.1, 0.15) is 22.2 Å². The van der Waals surface area contributed by atoms with Gasteiger partial charge in [0, 0.05) is 5.75 Å². The number of carbonyl (C=O) groups is 2. The molecule has 0 radical (unpaired) electrons. The fraction of sp³-hybridized carbons (Fsp3) is 0.214. The fourth-order valence-electron chi connectivity index (χ4n) is 1.52. The molecule has 0 aliphatic rings. The van der Waals surface area contributed by atoms with Crippen LogP contribution in [0.3, 0.4) is 0 Å². The van der Waals surface area contributed by atoms with Gasteiger partial charge in [0.15, 0.2) is 5.13 Å². The van der Waals surface area contributed by atoms with Crippen molar-refractivity contribution in [2.75, 3.05) is 5.32 Å². The first kappa shape index (κ1) is 15.5. The molecule has 2 rings (SSSR count). The molecule has 110 valence electrons. The van der Waals surface area contributed by atoms with Gasteiger partial charge in [-0.2, -0.15) is 0 Å². The minimum absolute atomic E-state index is 0.138. The minimum atomic E-state index is -0.542. The number of hydrogen-bond acceptors (Lipinski definition) is 5. The molecule has 1 aromatic carbocycles. The van der Waals surface area contributed by atoms with E-state index in [4.69, 9.17) is 5.73 Å². The minimum Gasteiger partial charge on any atom is -0.365 e. The summed E-state index contributed by atoms with van der Waals surface area (Å²) in [5.74, 6) is 0.0839. The Balaban J connectivity index is 1.85. The molecule has 2 aromatic rings. The number of rotatable bonds is 6. The van der Waals surface area contributed by atoms with Crippen LogP contribution >= 0.6 is 23.1 Å². The van der Waals surface area contributed by atoms with Crippen LogP contribution < -0.4 is 11.1 Å². The molecule has 7 heteroatoms. The quantitative estimate of drug-likeness (QED) is 0.856. The van der Waals surface area contributed by atoms with Crippen molar-refractivity contribution in [2.45, 2.75) is 17.9 Å². The third-order valence-corrected chi connectivity index (χ3v) is 4.83. The summed E-state index contributed by atoms with van der Waals surface area (Å²) >= 11 is 2.62. The number of hydrogen-bond donors (Lipinski definition) is 2. The zero-order valence-corrected chi connectivity index (χ0v) is 13.0. The molecule has 0 aliphatic heterocycles. The molecule has 0 fully saturated rings. The lowest BCUT2D eigenvalue weighted by Gasteiger charge is -2.10. The molecule has 1 unspecified atom stereocenters. The molecule has 1 aromatic heterocycles. The normalized spacial score (nSPS) is 11.9. The van der Waals surface area contributed by atoms with E-state index in [9.17, 15) is 9.59 Å². The number of carbonyl (C=O) groups excluding carboxylic acids is 2. The molecule has 21 heavy (non-hydrogen) atoms. The molecule has 0 saturated carbocycles. The van der Waals surface area contributed by atoms with Gasteiger partial charge < -0.3 is 11.1 Å². The van der Waals surface area contributed by atoms with Crippen molar-refractivity contribution in [3.8, 4) is 0 Å². The number of anilines is 1. The Morgan fingerprint density at radius 3 is 2.71 bits per heavy atom. The highest BCUT2D eigenvalue weighted by atomic mass is 32.2. The number of benzene rings is 1. The largest absolute Gasteiger partial charge is 0.365 e. The molecular formula is C14H15N3O2S2. The average Bonchev–Trinajstić information content (AvgIpc) is 2.94. The van der Waals surface area contributed by atoms with Gasteiger partial charge in [-0.15, -0.1) is 11.8 Å². The van der Waals surface area contributed by atoms with Crippen molar-refractivity contribution < 1.29 is 9.59 Å². The summed E-state index contributed by atoms with van der Waals surface area (Å²) in [7, 11) is 0. The Labute approximate surface area is 131 Å². The molecule has 0 spiro atoms. The molecular weight excluding hydrogens is 306 g/mol. The Bertz CT molecular complexity index is 628. The van der Waals surface area contributed by atoms with Crippen molar-refractivity contribution in [3.63, 3.8) is 0 Å². The van der Waals surface area contributed by atoms with Crippen molar-refractivity contribution in [1.82, 2.24) is 4.98 Å². The number of thioether (sulfide) groups is 1. The van der Waals surface area contributed by atoms with Gasteiger partial charge in [-0.25, -0.2) is 4.98 Å². The highest BCUT2D eigenvalue weighted by molar-refractivity contribution is 7.99. The van der Waals surface area contributed by atoms with E-state index in [0.717, 1.165) is 17.1 Å². The van der Waals surface area contributed by atoms with Crippen molar-refractivity contribution in [1.29, 1.82) is 0 Å². The van der Waals surface area contributed by atoms with E-state index in [1.54, 1.807) is 11.8 Å². The summed E-state index contributed by atoms with van der Waals surface area (Å²) in [5, 5.41) is 2.87. The second-order valence-electron chi connectivity index (χ2n) is 4.32. The van der Waals surface area contributed by atoms with Crippen LogP contribution in [-0.2, 0) is 10.5 Å². The summed E-state index contributed by atoms with van der Waals surface area (Å²) in [6, 6.07) is 9.96. The number of thiazole rings is 1. The van der Waals surface area contributed by atoms with Crippen LogP contribution in [-0.4, -0.2) is 22.0 Å². The highest BCUT2D eigenvalue weighted by Gasteiger charge is 2.16. The van der Waals surface area contributed by atoms with Crippen LogP contribution in [0.15, 0.2) is 36.5 Å². The van der Waals surface area contributed by atoms with Gasteiger partial charge in [-0.1, -0.05) is 41.7 Å². The zero-order chi connectivity index (χ0) is 15.2. The molecule has 0 bridgehead atoms. The SMILES string of the molecule is CC(SCc1ccccc1)C(=O)Nc1ncc(C(N)=O)s1. The average molecular weight is 321 g/mol. The van der Waals surface area contributed by atoms with E-state index >= 15 is 0 Å². The van der Waals surface area contributed by atoms with Gasteiger partial charge in [0.1, 0.15) is 4.88 Å². The summed E-state index contributed by atoms with van der Waals surface area (Å²) in [6.45, 7) is 1.84. The molecule has 0 aliphatic carbocycles. The second-order valence-corrected chi connectivity index (χ2v) is 6.68. The number of primary amides is 1. The zero-order valence-electron chi connectivity index (χ0n) is 11.4. The van der Waals surface area contributed by atoms with E-state index in [0.29, 0.717) is 10.0 Å². The molecule has 0 saturated heterocycles. The molecule has 2 amide bonds. The first-order valence-corrected chi connectivity index (χ1v) is 8.15. The molecule has 1 heterocycles. The maximum Gasteiger partial charge on any atom is 0.260 e. The van der Waals surface area contributed by atoms with Crippen LogP contribution in [0.5, 0.6) is 0 Å². The molecule has 5 nitrogen and oxygen atoms in total. The Kier molecular flexibility index (Phi) is 5.35. The van der Waals surface area contributed by atoms with Crippen LogP contribution in [0, 0.1) is 0 Å². The van der Waals surface area contributed by atoms with E-state index in [1.807, 2.05) is 37.3 Å². The topological polar surface area (TPSA) is 85.1 Å². The number of aromatic nitrogens is 1. The molecule has 3 N–H and O–H groups in total. The summed E-state index contributed by atoms with van der Waals surface area (Å²) in [5.41, 5.74) is 6.32. The maximum absolute atomic E-state index is 12.0. The number of nitrogens with two attached hydrogens (primary N) is 1. The van der Waals surface area contributed by atoms with Crippen LogP contribution in [0.2, 0.25) is 0 Å². The first-order chi connectivity index (χ1) is 10.1. The Hall–Kier alpha value is -1.86. The van der Waals surface area contributed by atoms with Crippen molar-refractivity contribution in [3.05, 3.63) is 47.0 Å². The Morgan fingerprint density at radius 1 is 1.38 bits per heavy atom. The molecule has 1 atom stereocenters. The predicted molar refractivity (Wildman–Crippen MR) is 86.5 cm³/mol. The fourth-order valence-corrected chi connectivity index (χ4v) is 3.04. The lowest BCUT2D eigenvalue weighted by molar-refractivity contribution is -0.115. The Morgan fingerprint density at radius 2 is 2.10 bits per heavy atom. The highest BCUT2D eigenvalue weighted by Crippen LogP contribution is 2.21. The van der Waals surface area contributed by atoms with E-state index in [2.05, 4.69) is 10.3 Å². The van der Waals surface area contributed by atoms with E-state index in [-0.39, 0.29) is 11.2 Å². The number of nitrogens with zero attached hydrogens (tertiary/aromatic N) is 1. The third kappa shape index (κ3) is 4.57. The summed E-state index contributed by atoms with van der Waals surface area (Å²) < 4.78 is 0. The second kappa shape index (κ2) is 7.24. The monoisotopic (exact) mass is 321 g/mol. The predicted octanol–water partition coefficient (Wildman–Crippen LogP) is 2.50. The van der Waals surface area contributed by atoms with E-state index < -0.39 is 5.91 Å². The smallest absolute Gasteiger partial charge is 0.260 e. The van der Waals surface area contributed by atoms with Crippen molar-refractivity contribution >= 4 is 40.0 Å². The third-order valence-electron chi connectivity index (χ3n) is 2.69. The van der Waals surface area contributed by atoms with Gasteiger partial charge in [-0.05, 0) is 12.5 Å². The van der Waals surface area contributed by atoms with Crippen LogP contribution in [0.25, 0.3) is 0 Å². The summed E-state index contributed by atoms with van der Waals surface area (Å²) in [4.78, 5) is 27.3. The van der Waals surface area contributed by atoms with Gasteiger partial charge >= 0.3 is 0 Å². The summed E-state index contributed by atoms with van der Waals surface area (Å²) in [6.07, 6.45) is 1.37. The number of amides is 2. The first-order valence-electron chi connectivity index (χ1n) is 6.28. The number of nitrogens with one attached hydrogen (secondary N) is 1. The lowest BCUT2D eigenvalue weighted by Crippen LogP contribution is -2.22. The maximum atomic E-state index is 12.0. The van der Waals surface area contributed by atoms with Gasteiger partial charge in [-0.3, -0.25) is 9.59 Å². The van der Waals surface area contributed by atoms with Gasteiger partial charge in [0.2, 0.25) is 5.91 Å². The van der Waals surface area contributed by atoms with Gasteiger partial charge in [0.25, 0.3) is 5.91 Å². The van der Waals surface area contributed by atoms with E-state index in [1.165, 1.54) is 11.8 Å². The van der Waals surface area contributed by atoms with Crippen LogP contribution in [0.4, 0.5) is 5.13 Å². The van der Waals surface area contributed by atoms with Crippen molar-refractivity contribution in [2.24, 2.45) is 5.73 Å².